The number of nitrogens with zero attached hydrogens (tertiary/aromatic N) is 2. The zero-order valence-electron chi connectivity index (χ0n) is 9.19. The highest BCUT2D eigenvalue weighted by Gasteiger charge is 2.20. The van der Waals surface area contributed by atoms with E-state index in [2.05, 4.69) is 31.2 Å². The molecule has 17 heavy (non-hydrogen) atoms. The molecule has 3 nitrogen and oxygen atoms in total. The molecule has 3 rings (SSSR count). The zero-order chi connectivity index (χ0) is 11.7. The van der Waals surface area contributed by atoms with Crippen molar-refractivity contribution in [2.45, 2.75) is 25.4 Å². The molecule has 0 bridgehead atoms. The summed E-state index contributed by atoms with van der Waals surface area (Å²) in [6.45, 7) is 0.934. The summed E-state index contributed by atoms with van der Waals surface area (Å²) >= 11 is 5.16. The molecule has 2 aromatic heterocycles. The Kier molecular flexibility index (Phi) is 3.22. The number of nitrogens with one attached hydrogen (secondary N) is 1. The Morgan fingerprint density at radius 1 is 1.35 bits per heavy atom. The zero-order valence-corrected chi connectivity index (χ0v) is 11.6. The number of halogens is 1. The molecule has 2 aromatic rings. The smallest absolute Gasteiger partial charge is 0.125 e. The van der Waals surface area contributed by atoms with Gasteiger partial charge in [-0.1, -0.05) is 0 Å². The Hall–Kier alpha value is -0.780. The first-order valence-electron chi connectivity index (χ1n) is 5.60. The minimum absolute atomic E-state index is 0.744. The molecular weight excluding hydrogens is 298 g/mol. The Labute approximate surface area is 112 Å². The van der Waals surface area contributed by atoms with Crippen LogP contribution in [-0.2, 0) is 6.54 Å². The first kappa shape index (κ1) is 11.3. The largest absolute Gasteiger partial charge is 0.309 e. The van der Waals surface area contributed by atoms with E-state index in [4.69, 9.17) is 0 Å². The van der Waals surface area contributed by atoms with Gasteiger partial charge in [0.15, 0.2) is 0 Å². The van der Waals surface area contributed by atoms with E-state index in [9.17, 15) is 0 Å². The lowest BCUT2D eigenvalue weighted by Gasteiger charge is -1.97. The molecule has 0 aliphatic heterocycles. The van der Waals surface area contributed by atoms with Gasteiger partial charge in [0, 0.05) is 46.1 Å². The van der Waals surface area contributed by atoms with Crippen molar-refractivity contribution in [1.82, 2.24) is 15.3 Å². The molecule has 5 heteroatoms. The second-order valence-corrected chi connectivity index (χ2v) is 6.21. The summed E-state index contributed by atoms with van der Waals surface area (Å²) in [7, 11) is 0. The Morgan fingerprint density at radius 2 is 2.24 bits per heavy atom. The van der Waals surface area contributed by atoms with Crippen molar-refractivity contribution in [2.75, 3.05) is 0 Å². The van der Waals surface area contributed by atoms with Gasteiger partial charge in [0.25, 0.3) is 0 Å². The van der Waals surface area contributed by atoms with Crippen LogP contribution in [0.25, 0.3) is 10.6 Å². The molecule has 1 N–H and O–H groups in total. The lowest BCUT2D eigenvalue weighted by atomic mass is 10.3. The van der Waals surface area contributed by atoms with Gasteiger partial charge in [-0.2, -0.15) is 0 Å². The van der Waals surface area contributed by atoms with Crippen molar-refractivity contribution in [3.05, 3.63) is 34.0 Å². The summed E-state index contributed by atoms with van der Waals surface area (Å²) in [4.78, 5) is 9.89. The molecule has 0 unspecified atom stereocenters. The van der Waals surface area contributed by atoms with Crippen molar-refractivity contribution in [2.24, 2.45) is 0 Å². The van der Waals surface area contributed by atoms with Crippen molar-refractivity contribution < 1.29 is 0 Å². The number of rotatable bonds is 4. The van der Waals surface area contributed by atoms with Crippen LogP contribution < -0.4 is 5.32 Å². The lowest BCUT2D eigenvalue weighted by Crippen LogP contribution is -2.14. The van der Waals surface area contributed by atoms with Crippen LogP contribution in [0.2, 0.25) is 0 Å². The quantitative estimate of drug-likeness (QED) is 0.942. The fourth-order valence-corrected chi connectivity index (χ4v) is 2.79. The number of hydrogen-bond acceptors (Lipinski definition) is 4. The summed E-state index contributed by atoms with van der Waals surface area (Å²) in [6, 6.07) is 2.79. The normalized spacial score (nSPS) is 15.1. The SMILES string of the molecule is Brc1cncc(-c2ncc(CNC3CC3)s2)c1. The van der Waals surface area contributed by atoms with Crippen LogP contribution in [0.4, 0.5) is 0 Å². The van der Waals surface area contributed by atoms with Crippen LogP contribution >= 0.6 is 27.3 Å². The van der Waals surface area contributed by atoms with Gasteiger partial charge in [-0.3, -0.25) is 4.98 Å². The average molecular weight is 310 g/mol. The Balaban J connectivity index is 1.74. The van der Waals surface area contributed by atoms with Gasteiger partial charge < -0.3 is 5.32 Å². The number of pyridine rings is 1. The third-order valence-corrected chi connectivity index (χ3v) is 4.13. The van der Waals surface area contributed by atoms with E-state index in [1.807, 2.05) is 18.5 Å². The number of thiazole rings is 1. The molecule has 0 radical (unpaired) electrons. The summed E-state index contributed by atoms with van der Waals surface area (Å²) in [6.07, 6.45) is 8.23. The maximum Gasteiger partial charge on any atom is 0.125 e. The van der Waals surface area contributed by atoms with Crippen molar-refractivity contribution >= 4 is 27.3 Å². The Morgan fingerprint density at radius 3 is 3.00 bits per heavy atom. The monoisotopic (exact) mass is 309 g/mol. The van der Waals surface area contributed by atoms with E-state index >= 15 is 0 Å². The summed E-state index contributed by atoms with van der Waals surface area (Å²) < 4.78 is 0.989. The van der Waals surface area contributed by atoms with E-state index in [1.54, 1.807) is 17.5 Å². The first-order valence-corrected chi connectivity index (χ1v) is 7.21. The minimum Gasteiger partial charge on any atom is -0.309 e. The van der Waals surface area contributed by atoms with Gasteiger partial charge in [-0.25, -0.2) is 4.98 Å². The molecule has 1 aliphatic carbocycles. The highest BCUT2D eigenvalue weighted by Crippen LogP contribution is 2.27. The first-order chi connectivity index (χ1) is 8.31. The highest BCUT2D eigenvalue weighted by molar-refractivity contribution is 9.10. The number of hydrogen-bond donors (Lipinski definition) is 1. The van der Waals surface area contributed by atoms with E-state index in [0.29, 0.717) is 0 Å². The molecule has 2 heterocycles. The van der Waals surface area contributed by atoms with Crippen LogP contribution in [0.15, 0.2) is 29.1 Å². The molecule has 0 aromatic carbocycles. The number of aromatic nitrogens is 2. The Bertz CT molecular complexity index is 522. The molecule has 1 aliphatic rings. The van der Waals surface area contributed by atoms with Gasteiger partial charge >= 0.3 is 0 Å². The molecule has 0 saturated heterocycles. The standard InChI is InChI=1S/C12H12BrN3S/c13-9-3-8(4-14-5-9)12-16-7-11(17-12)6-15-10-1-2-10/h3-5,7,10,15H,1-2,6H2. The predicted molar refractivity (Wildman–Crippen MR) is 72.9 cm³/mol. The molecule has 0 amide bonds. The molecule has 1 saturated carbocycles. The molecule has 88 valence electrons. The molecule has 0 atom stereocenters. The average Bonchev–Trinajstić information content (AvgIpc) is 3.04. The third-order valence-electron chi connectivity index (χ3n) is 2.65. The van der Waals surface area contributed by atoms with Gasteiger partial charge in [0.2, 0.25) is 0 Å². The molecule has 0 spiro atoms. The topological polar surface area (TPSA) is 37.8 Å². The van der Waals surface area contributed by atoms with Gasteiger partial charge in [0.05, 0.1) is 0 Å². The van der Waals surface area contributed by atoms with Crippen molar-refractivity contribution in [1.29, 1.82) is 0 Å². The second kappa shape index (κ2) is 4.84. The lowest BCUT2D eigenvalue weighted by molar-refractivity contribution is 0.694. The van der Waals surface area contributed by atoms with Gasteiger partial charge in [-0.05, 0) is 34.8 Å². The summed E-state index contributed by atoms with van der Waals surface area (Å²) in [5.41, 5.74) is 1.07. The van der Waals surface area contributed by atoms with Crippen LogP contribution in [0.3, 0.4) is 0 Å². The fourth-order valence-electron chi connectivity index (χ4n) is 1.58. The second-order valence-electron chi connectivity index (χ2n) is 4.18. The molecule has 1 fully saturated rings. The third kappa shape index (κ3) is 2.91. The van der Waals surface area contributed by atoms with Gasteiger partial charge in [-0.15, -0.1) is 11.3 Å². The maximum atomic E-state index is 4.44. The van der Waals surface area contributed by atoms with Crippen LogP contribution in [0.5, 0.6) is 0 Å². The van der Waals surface area contributed by atoms with Crippen LogP contribution in [-0.4, -0.2) is 16.0 Å². The van der Waals surface area contributed by atoms with E-state index in [-0.39, 0.29) is 0 Å². The molecular formula is C12H12BrN3S. The van der Waals surface area contributed by atoms with Crippen LogP contribution in [0.1, 0.15) is 17.7 Å². The van der Waals surface area contributed by atoms with Crippen molar-refractivity contribution in [3.8, 4) is 10.6 Å². The predicted octanol–water partition coefficient (Wildman–Crippen LogP) is 3.22. The van der Waals surface area contributed by atoms with E-state index in [1.165, 1.54) is 17.7 Å². The van der Waals surface area contributed by atoms with E-state index in [0.717, 1.165) is 27.6 Å². The minimum atomic E-state index is 0.744. The summed E-state index contributed by atoms with van der Waals surface area (Å²) in [5.74, 6) is 0. The maximum absolute atomic E-state index is 4.44. The van der Waals surface area contributed by atoms with Gasteiger partial charge in [0.1, 0.15) is 5.01 Å². The fraction of sp³-hybridized carbons (Fsp3) is 0.333. The van der Waals surface area contributed by atoms with Crippen LogP contribution in [0, 0.1) is 0 Å². The van der Waals surface area contributed by atoms with Crippen molar-refractivity contribution in [3.63, 3.8) is 0 Å². The van der Waals surface area contributed by atoms with E-state index < -0.39 is 0 Å². The summed E-state index contributed by atoms with van der Waals surface area (Å²) in [5, 5.41) is 4.53. The highest BCUT2D eigenvalue weighted by atomic mass is 79.9.